The molecule has 0 bridgehead atoms. The largest absolute Gasteiger partial charge is 0.481 e. The molecule has 0 rings (SSSR count). The third-order valence-electron chi connectivity index (χ3n) is 3.29. The normalized spacial score (nSPS) is 13.5. The lowest BCUT2D eigenvalue weighted by Crippen LogP contribution is -2.57. The molecule has 0 aliphatic carbocycles. The standard InChI is InChI=1S/C14H22N4O10/c15-4-9(20)16-7(3-11(23)24)13(26)17-6(1-2-10(21)22)12(25)18-8(5-19)14(27)28/h6-8,19H,1-5,15H2,(H,16,20)(H,17,26)(H,18,25)(H,21,22)(H,23,24)(H,27,28). The van der Waals surface area contributed by atoms with Gasteiger partial charge in [-0.05, 0) is 6.42 Å². The Balaban J connectivity index is 5.35. The zero-order chi connectivity index (χ0) is 21.9. The second kappa shape index (κ2) is 12.2. The van der Waals surface area contributed by atoms with Gasteiger partial charge in [0, 0.05) is 6.42 Å². The fraction of sp³-hybridized carbons (Fsp3) is 0.571. The van der Waals surface area contributed by atoms with Gasteiger partial charge in [0.15, 0.2) is 0 Å². The fourth-order valence-corrected chi connectivity index (χ4v) is 1.90. The number of rotatable bonds is 13. The first-order chi connectivity index (χ1) is 13.0. The van der Waals surface area contributed by atoms with Crippen LogP contribution in [0.5, 0.6) is 0 Å². The van der Waals surface area contributed by atoms with Gasteiger partial charge in [-0.1, -0.05) is 0 Å². The van der Waals surface area contributed by atoms with Gasteiger partial charge in [-0.2, -0.15) is 0 Å². The van der Waals surface area contributed by atoms with E-state index in [0.29, 0.717) is 0 Å². The van der Waals surface area contributed by atoms with Crippen LogP contribution in [0.2, 0.25) is 0 Å². The maximum atomic E-state index is 12.3. The lowest BCUT2D eigenvalue weighted by atomic mass is 10.1. The molecule has 0 aliphatic heterocycles. The molecule has 0 radical (unpaired) electrons. The molecule has 14 nitrogen and oxygen atoms in total. The molecule has 3 unspecified atom stereocenters. The number of nitrogens with one attached hydrogen (secondary N) is 3. The number of carbonyl (C=O) groups excluding carboxylic acids is 3. The zero-order valence-corrected chi connectivity index (χ0v) is 14.6. The van der Waals surface area contributed by atoms with Crippen molar-refractivity contribution in [2.75, 3.05) is 13.2 Å². The summed E-state index contributed by atoms with van der Waals surface area (Å²) >= 11 is 0. The first-order valence-electron chi connectivity index (χ1n) is 7.89. The molecule has 9 N–H and O–H groups in total. The van der Waals surface area contributed by atoms with E-state index in [0.717, 1.165) is 0 Å². The first kappa shape index (κ1) is 24.7. The molecule has 0 saturated heterocycles. The fourth-order valence-electron chi connectivity index (χ4n) is 1.90. The number of nitrogens with two attached hydrogens (primary N) is 1. The summed E-state index contributed by atoms with van der Waals surface area (Å²) < 4.78 is 0. The van der Waals surface area contributed by atoms with Crippen LogP contribution in [0.25, 0.3) is 0 Å². The minimum atomic E-state index is -1.71. The summed E-state index contributed by atoms with van der Waals surface area (Å²) in [5, 5.41) is 41.4. The molecular formula is C14H22N4O10. The molecule has 0 fully saturated rings. The quantitative estimate of drug-likeness (QED) is 0.146. The van der Waals surface area contributed by atoms with Gasteiger partial charge in [0.05, 0.1) is 19.6 Å². The van der Waals surface area contributed by atoms with E-state index >= 15 is 0 Å². The van der Waals surface area contributed by atoms with E-state index in [1.165, 1.54) is 0 Å². The van der Waals surface area contributed by atoms with Crippen LogP contribution < -0.4 is 21.7 Å². The molecule has 0 aliphatic rings. The number of carboxylic acid groups (broad SMARTS) is 3. The molecule has 0 aromatic carbocycles. The summed E-state index contributed by atoms with van der Waals surface area (Å²) in [5.74, 6) is -7.42. The van der Waals surface area contributed by atoms with Crippen molar-refractivity contribution in [3.8, 4) is 0 Å². The van der Waals surface area contributed by atoms with E-state index < -0.39 is 86.2 Å². The lowest BCUT2D eigenvalue weighted by molar-refractivity contribution is -0.144. The highest BCUT2D eigenvalue weighted by atomic mass is 16.4. The number of hydrogen-bond acceptors (Lipinski definition) is 8. The van der Waals surface area contributed by atoms with Crippen molar-refractivity contribution in [2.45, 2.75) is 37.4 Å². The van der Waals surface area contributed by atoms with E-state index in [4.69, 9.17) is 26.2 Å². The van der Waals surface area contributed by atoms with Gasteiger partial charge < -0.3 is 42.1 Å². The molecule has 0 heterocycles. The average molecular weight is 406 g/mol. The number of aliphatic hydroxyl groups is 1. The van der Waals surface area contributed by atoms with Crippen molar-refractivity contribution in [3.63, 3.8) is 0 Å². The highest BCUT2D eigenvalue weighted by Gasteiger charge is 2.30. The molecule has 28 heavy (non-hydrogen) atoms. The molecule has 0 saturated carbocycles. The van der Waals surface area contributed by atoms with E-state index in [1.807, 2.05) is 10.6 Å². The summed E-state index contributed by atoms with van der Waals surface area (Å²) in [6.07, 6.45) is -1.90. The van der Waals surface area contributed by atoms with Crippen LogP contribution in [0.4, 0.5) is 0 Å². The average Bonchev–Trinajstić information content (AvgIpc) is 2.60. The van der Waals surface area contributed by atoms with Gasteiger partial charge >= 0.3 is 17.9 Å². The summed E-state index contributed by atoms with van der Waals surface area (Å²) in [6.45, 7) is -1.50. The van der Waals surface area contributed by atoms with Gasteiger partial charge in [0.25, 0.3) is 0 Å². The zero-order valence-electron chi connectivity index (χ0n) is 14.6. The molecule has 14 heteroatoms. The minimum Gasteiger partial charge on any atom is -0.481 e. The van der Waals surface area contributed by atoms with Gasteiger partial charge in [-0.15, -0.1) is 0 Å². The van der Waals surface area contributed by atoms with E-state index in [1.54, 1.807) is 0 Å². The van der Waals surface area contributed by atoms with Gasteiger partial charge in [-0.25, -0.2) is 4.79 Å². The highest BCUT2D eigenvalue weighted by molar-refractivity contribution is 5.95. The van der Waals surface area contributed by atoms with E-state index in [-0.39, 0.29) is 0 Å². The molecule has 158 valence electrons. The maximum absolute atomic E-state index is 12.3. The summed E-state index contributed by atoms with van der Waals surface area (Å²) in [6, 6.07) is -4.88. The highest BCUT2D eigenvalue weighted by Crippen LogP contribution is 2.02. The second-order valence-electron chi connectivity index (χ2n) is 5.50. The van der Waals surface area contributed by atoms with Crippen molar-refractivity contribution < 1.29 is 49.2 Å². The van der Waals surface area contributed by atoms with Crippen LogP contribution in [-0.4, -0.2) is 87.3 Å². The van der Waals surface area contributed by atoms with Crippen LogP contribution in [0.15, 0.2) is 0 Å². The third kappa shape index (κ3) is 9.44. The summed E-state index contributed by atoms with van der Waals surface area (Å²) in [7, 11) is 0. The lowest BCUT2D eigenvalue weighted by Gasteiger charge is -2.23. The molecular weight excluding hydrogens is 384 g/mol. The third-order valence-corrected chi connectivity index (χ3v) is 3.29. The Morgan fingerprint density at radius 2 is 1.32 bits per heavy atom. The predicted molar refractivity (Wildman–Crippen MR) is 88.7 cm³/mol. The Morgan fingerprint density at radius 1 is 0.786 bits per heavy atom. The van der Waals surface area contributed by atoms with Gasteiger partial charge in [0.2, 0.25) is 17.7 Å². The van der Waals surface area contributed by atoms with Crippen molar-refractivity contribution in [3.05, 3.63) is 0 Å². The predicted octanol–water partition coefficient (Wildman–Crippen LogP) is -4.18. The molecule has 0 aromatic heterocycles. The number of aliphatic carboxylic acids is 3. The Bertz CT molecular complexity index is 623. The Kier molecular flexibility index (Phi) is 10.8. The van der Waals surface area contributed by atoms with Crippen molar-refractivity contribution in [1.82, 2.24) is 16.0 Å². The van der Waals surface area contributed by atoms with Gasteiger partial charge in [-0.3, -0.25) is 24.0 Å². The van der Waals surface area contributed by atoms with E-state index in [2.05, 4.69) is 5.32 Å². The van der Waals surface area contributed by atoms with Crippen molar-refractivity contribution in [2.24, 2.45) is 5.73 Å². The second-order valence-corrected chi connectivity index (χ2v) is 5.50. The Morgan fingerprint density at radius 3 is 1.75 bits per heavy atom. The summed E-state index contributed by atoms with van der Waals surface area (Å²) in [5.41, 5.74) is 5.08. The van der Waals surface area contributed by atoms with Crippen LogP contribution in [0.1, 0.15) is 19.3 Å². The van der Waals surface area contributed by atoms with Crippen molar-refractivity contribution in [1.29, 1.82) is 0 Å². The Labute approximate surface area is 158 Å². The van der Waals surface area contributed by atoms with Crippen LogP contribution >= 0.6 is 0 Å². The molecule has 0 spiro atoms. The smallest absolute Gasteiger partial charge is 0.328 e. The Hall–Kier alpha value is -3.26. The molecule has 0 aromatic rings. The number of carbonyl (C=O) groups is 6. The molecule has 3 atom stereocenters. The number of amides is 3. The van der Waals surface area contributed by atoms with Crippen molar-refractivity contribution >= 4 is 35.6 Å². The minimum absolute atomic E-state index is 0.463. The van der Waals surface area contributed by atoms with Crippen LogP contribution in [0, 0.1) is 0 Å². The van der Waals surface area contributed by atoms with E-state index in [9.17, 15) is 28.8 Å². The SMILES string of the molecule is NCC(=O)NC(CC(=O)O)C(=O)NC(CCC(=O)O)C(=O)NC(CO)C(=O)O. The monoisotopic (exact) mass is 406 g/mol. The van der Waals surface area contributed by atoms with Crippen LogP contribution in [-0.2, 0) is 28.8 Å². The number of hydrogen-bond donors (Lipinski definition) is 8. The van der Waals surface area contributed by atoms with Crippen LogP contribution in [0.3, 0.4) is 0 Å². The van der Waals surface area contributed by atoms with Gasteiger partial charge in [0.1, 0.15) is 18.1 Å². The maximum Gasteiger partial charge on any atom is 0.328 e. The number of aliphatic hydroxyl groups excluding tert-OH is 1. The molecule has 3 amide bonds. The number of carboxylic acids is 3. The first-order valence-corrected chi connectivity index (χ1v) is 7.89. The topological polar surface area (TPSA) is 245 Å². The summed E-state index contributed by atoms with van der Waals surface area (Å²) in [4.78, 5) is 68.3.